The quantitative estimate of drug-likeness (QED) is 0.514. The average molecular weight is 393 g/mol. The van der Waals surface area contributed by atoms with E-state index in [9.17, 15) is 4.79 Å². The van der Waals surface area contributed by atoms with E-state index in [4.69, 9.17) is 5.11 Å². The van der Waals surface area contributed by atoms with E-state index in [0.29, 0.717) is 12.4 Å². The Balaban J connectivity index is 1.87. The summed E-state index contributed by atoms with van der Waals surface area (Å²) in [5.74, 6) is 0.307. The van der Waals surface area contributed by atoms with Crippen LogP contribution < -0.4 is 16.2 Å². The summed E-state index contributed by atoms with van der Waals surface area (Å²) in [5, 5.41) is 15.2. The molecule has 0 aliphatic heterocycles. The summed E-state index contributed by atoms with van der Waals surface area (Å²) >= 11 is 0. The van der Waals surface area contributed by atoms with Crippen molar-refractivity contribution >= 4 is 11.5 Å². The Bertz CT molecular complexity index is 1040. The van der Waals surface area contributed by atoms with Crippen LogP contribution in [-0.4, -0.2) is 34.4 Å². The average Bonchev–Trinajstić information content (AvgIpc) is 2.71. The molecule has 6 nitrogen and oxygen atoms in total. The Morgan fingerprint density at radius 1 is 1.10 bits per heavy atom. The maximum absolute atomic E-state index is 12.6. The van der Waals surface area contributed by atoms with Crippen LogP contribution in [0.5, 0.6) is 0 Å². The predicted octanol–water partition coefficient (Wildman–Crippen LogP) is 2.93. The molecule has 0 aliphatic rings. The number of hydrogen-bond acceptors (Lipinski definition) is 5. The summed E-state index contributed by atoms with van der Waals surface area (Å²) in [6.07, 6.45) is 2.61. The van der Waals surface area contributed by atoms with Crippen molar-refractivity contribution in [1.29, 1.82) is 0 Å². The molecule has 6 heteroatoms. The number of aliphatic hydroxyl groups is 1. The molecule has 0 spiro atoms. The lowest BCUT2D eigenvalue weighted by Crippen LogP contribution is -2.22. The summed E-state index contributed by atoms with van der Waals surface area (Å²) in [4.78, 5) is 17.3. The fourth-order valence-corrected chi connectivity index (χ4v) is 3.22. The lowest BCUT2D eigenvalue weighted by Gasteiger charge is -2.13. The second kappa shape index (κ2) is 9.49. The molecule has 29 heavy (non-hydrogen) atoms. The molecule has 0 saturated heterocycles. The monoisotopic (exact) mass is 392 g/mol. The van der Waals surface area contributed by atoms with Gasteiger partial charge in [-0.15, -0.1) is 0 Å². The summed E-state index contributed by atoms with van der Waals surface area (Å²) in [7, 11) is 1.74. The number of hydrogen-bond donors (Lipinski definition) is 3. The number of benzene rings is 2. The highest BCUT2D eigenvalue weighted by atomic mass is 16.3. The summed E-state index contributed by atoms with van der Waals surface area (Å²) in [6.45, 7) is 5.64. The van der Waals surface area contributed by atoms with Crippen molar-refractivity contribution in [2.75, 3.05) is 25.0 Å². The Morgan fingerprint density at radius 3 is 2.69 bits per heavy atom. The van der Waals surface area contributed by atoms with Crippen LogP contribution in [0.2, 0.25) is 0 Å². The number of anilines is 2. The molecule has 3 aromatic rings. The number of aliphatic hydroxyl groups excluding tert-OH is 1. The minimum atomic E-state index is -0.172. The van der Waals surface area contributed by atoms with E-state index >= 15 is 0 Å². The molecule has 0 unspecified atom stereocenters. The molecule has 0 fully saturated rings. The van der Waals surface area contributed by atoms with Crippen molar-refractivity contribution in [1.82, 2.24) is 14.9 Å². The summed E-state index contributed by atoms with van der Waals surface area (Å²) in [6, 6.07) is 14.1. The number of nitrogens with zero attached hydrogens (tertiary/aromatic N) is 2. The molecular weight excluding hydrogens is 364 g/mol. The van der Waals surface area contributed by atoms with E-state index in [2.05, 4.69) is 35.5 Å². The van der Waals surface area contributed by atoms with Crippen molar-refractivity contribution in [3.63, 3.8) is 0 Å². The van der Waals surface area contributed by atoms with Crippen LogP contribution >= 0.6 is 0 Å². The van der Waals surface area contributed by atoms with E-state index in [1.54, 1.807) is 17.8 Å². The van der Waals surface area contributed by atoms with Crippen molar-refractivity contribution in [3.05, 3.63) is 75.7 Å². The third-order valence-electron chi connectivity index (χ3n) is 5.02. The maximum Gasteiger partial charge on any atom is 0.293 e. The van der Waals surface area contributed by atoms with Gasteiger partial charge >= 0.3 is 0 Å². The van der Waals surface area contributed by atoms with Crippen LogP contribution in [0.4, 0.5) is 11.5 Å². The first-order chi connectivity index (χ1) is 14.0. The van der Waals surface area contributed by atoms with E-state index in [1.807, 2.05) is 36.4 Å². The molecule has 1 heterocycles. The van der Waals surface area contributed by atoms with Gasteiger partial charge in [0.1, 0.15) is 0 Å². The highest BCUT2D eigenvalue weighted by Gasteiger charge is 2.11. The van der Waals surface area contributed by atoms with E-state index < -0.39 is 0 Å². The van der Waals surface area contributed by atoms with Gasteiger partial charge in [-0.3, -0.25) is 4.79 Å². The fourth-order valence-electron chi connectivity index (χ4n) is 3.22. The molecular formula is C23H28N4O2. The number of aryl methyl sites for hydroxylation is 2. The second-order valence-electron chi connectivity index (χ2n) is 7.19. The predicted molar refractivity (Wildman–Crippen MR) is 118 cm³/mol. The Morgan fingerprint density at radius 2 is 1.90 bits per heavy atom. The van der Waals surface area contributed by atoms with Crippen molar-refractivity contribution in [3.8, 4) is 11.3 Å². The Labute approximate surface area is 171 Å². The van der Waals surface area contributed by atoms with Gasteiger partial charge in [-0.2, -0.15) is 0 Å². The van der Waals surface area contributed by atoms with Gasteiger partial charge in [-0.05, 0) is 55.6 Å². The molecule has 0 amide bonds. The zero-order valence-corrected chi connectivity index (χ0v) is 17.2. The first-order valence-electron chi connectivity index (χ1n) is 9.81. The molecule has 0 saturated carbocycles. The van der Waals surface area contributed by atoms with Gasteiger partial charge in [-0.25, -0.2) is 4.98 Å². The molecule has 0 atom stereocenters. The first-order valence-corrected chi connectivity index (χ1v) is 9.81. The smallest absolute Gasteiger partial charge is 0.293 e. The minimum Gasteiger partial charge on any atom is -0.395 e. The molecule has 1 aromatic heterocycles. The standard InChI is InChI=1S/C23H28N4O2/c1-16-6-4-9-20(17(16)2)21-15-27(3)23(29)22(26-21)25-19-8-5-7-18(14-19)10-11-24-12-13-28/h4-9,14-15,24,28H,10-13H2,1-3H3,(H,25,26). The third kappa shape index (κ3) is 5.10. The van der Waals surface area contributed by atoms with E-state index in [0.717, 1.165) is 41.0 Å². The van der Waals surface area contributed by atoms with Gasteiger partial charge in [0.25, 0.3) is 5.56 Å². The van der Waals surface area contributed by atoms with Gasteiger partial charge in [0.2, 0.25) is 0 Å². The molecule has 0 aliphatic carbocycles. The normalized spacial score (nSPS) is 10.9. The van der Waals surface area contributed by atoms with E-state index in [-0.39, 0.29) is 12.2 Å². The highest BCUT2D eigenvalue weighted by Crippen LogP contribution is 2.24. The fraction of sp³-hybridized carbons (Fsp3) is 0.304. The summed E-state index contributed by atoms with van der Waals surface area (Å²) in [5.41, 5.74) is 5.93. The van der Waals surface area contributed by atoms with Crippen molar-refractivity contribution in [2.45, 2.75) is 20.3 Å². The molecule has 0 radical (unpaired) electrons. The highest BCUT2D eigenvalue weighted by molar-refractivity contribution is 5.67. The van der Waals surface area contributed by atoms with Gasteiger partial charge in [0.15, 0.2) is 5.82 Å². The van der Waals surface area contributed by atoms with Gasteiger partial charge in [-0.1, -0.05) is 30.3 Å². The van der Waals surface area contributed by atoms with Crippen LogP contribution in [0, 0.1) is 13.8 Å². The van der Waals surface area contributed by atoms with Crippen LogP contribution in [0.3, 0.4) is 0 Å². The third-order valence-corrected chi connectivity index (χ3v) is 5.02. The number of aromatic nitrogens is 2. The lowest BCUT2D eigenvalue weighted by atomic mass is 10.0. The molecule has 3 rings (SSSR count). The van der Waals surface area contributed by atoms with Gasteiger partial charge in [0, 0.05) is 31.0 Å². The molecule has 2 aromatic carbocycles. The molecule has 3 N–H and O–H groups in total. The summed E-state index contributed by atoms with van der Waals surface area (Å²) < 4.78 is 1.56. The van der Waals surface area contributed by atoms with Crippen molar-refractivity contribution in [2.24, 2.45) is 7.05 Å². The molecule has 152 valence electrons. The second-order valence-corrected chi connectivity index (χ2v) is 7.19. The Hall–Kier alpha value is -2.96. The molecule has 0 bridgehead atoms. The zero-order chi connectivity index (χ0) is 20.8. The topological polar surface area (TPSA) is 79.2 Å². The lowest BCUT2D eigenvalue weighted by molar-refractivity contribution is 0.293. The van der Waals surface area contributed by atoms with Crippen LogP contribution in [0.1, 0.15) is 16.7 Å². The number of nitrogens with one attached hydrogen (secondary N) is 2. The van der Waals surface area contributed by atoms with Crippen molar-refractivity contribution < 1.29 is 5.11 Å². The zero-order valence-electron chi connectivity index (χ0n) is 17.2. The van der Waals surface area contributed by atoms with Gasteiger partial charge < -0.3 is 20.3 Å². The Kier molecular flexibility index (Phi) is 6.80. The number of rotatable bonds is 8. The largest absolute Gasteiger partial charge is 0.395 e. The van der Waals surface area contributed by atoms with Crippen LogP contribution in [-0.2, 0) is 13.5 Å². The maximum atomic E-state index is 12.6. The van der Waals surface area contributed by atoms with Crippen LogP contribution in [0.25, 0.3) is 11.3 Å². The van der Waals surface area contributed by atoms with Crippen LogP contribution in [0.15, 0.2) is 53.5 Å². The SMILES string of the molecule is Cc1cccc(-c2cn(C)c(=O)c(Nc3cccc(CCNCCO)c3)n2)c1C. The van der Waals surface area contributed by atoms with Gasteiger partial charge in [0.05, 0.1) is 12.3 Å². The van der Waals surface area contributed by atoms with E-state index in [1.165, 1.54) is 5.56 Å². The minimum absolute atomic E-state index is 0.132. The first kappa shape index (κ1) is 20.8.